The van der Waals surface area contributed by atoms with E-state index < -0.39 is 96.6 Å². The van der Waals surface area contributed by atoms with Crippen LogP contribution in [-0.4, -0.2) is 125 Å². The van der Waals surface area contributed by atoms with Gasteiger partial charge in [-0.3, -0.25) is 43.2 Å². The first-order valence-corrected chi connectivity index (χ1v) is 20.9. The first-order valence-electron chi connectivity index (χ1n) is 20.9. The van der Waals surface area contributed by atoms with Gasteiger partial charge in [-0.2, -0.15) is 0 Å². The quantitative estimate of drug-likeness (QED) is 0.0734. The number of aliphatic carboxylic acids is 1. The number of carbonyl (C=O) groups excluding carboxylic acids is 8. The van der Waals surface area contributed by atoms with Crippen molar-refractivity contribution in [1.82, 2.24) is 42.5 Å². The van der Waals surface area contributed by atoms with Gasteiger partial charge >= 0.3 is 5.97 Å². The van der Waals surface area contributed by atoms with Gasteiger partial charge in [0.05, 0.1) is 24.2 Å². The highest BCUT2D eigenvalue weighted by atomic mass is 16.5. The minimum absolute atomic E-state index is 0.102. The third-order valence-corrected chi connectivity index (χ3v) is 11.9. The highest BCUT2D eigenvalue weighted by Crippen LogP contribution is 2.59. The van der Waals surface area contributed by atoms with Crippen molar-refractivity contribution in [2.75, 3.05) is 18.4 Å². The molecule has 12 N–H and O–H groups in total. The van der Waals surface area contributed by atoms with Crippen LogP contribution in [0.1, 0.15) is 81.7 Å². The minimum Gasteiger partial charge on any atom is -0.506 e. The number of carboxylic acid groups (broad SMARTS) is 1. The number of phenols is 1. The number of para-hydroxylation sites is 1. The highest BCUT2D eigenvalue weighted by molar-refractivity contribution is 5.95. The largest absolute Gasteiger partial charge is 0.506 e. The number of benzene rings is 2. The monoisotopic (exact) mass is 891 g/mol. The maximum absolute atomic E-state index is 14.2. The van der Waals surface area contributed by atoms with E-state index in [1.807, 2.05) is 13.8 Å². The molecule has 2 aromatic carbocycles. The predicted molar refractivity (Wildman–Crippen MR) is 223 cm³/mol. The minimum atomic E-state index is -1.75. The summed E-state index contributed by atoms with van der Waals surface area (Å²) in [6.45, 7) is 4.94. The third-order valence-electron chi connectivity index (χ3n) is 11.9. The van der Waals surface area contributed by atoms with Gasteiger partial charge in [0.15, 0.2) is 6.23 Å². The van der Waals surface area contributed by atoms with E-state index in [0.29, 0.717) is 35.3 Å². The summed E-state index contributed by atoms with van der Waals surface area (Å²) in [5.74, 6) is -6.26. The Morgan fingerprint density at radius 3 is 2.38 bits per heavy atom. The lowest BCUT2D eigenvalue weighted by Crippen LogP contribution is -2.57. The fourth-order valence-electron chi connectivity index (χ4n) is 8.79. The Bertz CT molecular complexity index is 2240. The van der Waals surface area contributed by atoms with E-state index in [2.05, 4.69) is 47.9 Å². The summed E-state index contributed by atoms with van der Waals surface area (Å²) in [6.07, 6.45) is -1.66. The summed E-state index contributed by atoms with van der Waals surface area (Å²) in [6, 6.07) is 1.05. The van der Waals surface area contributed by atoms with Crippen molar-refractivity contribution in [1.29, 1.82) is 0 Å². The number of carboxylic acids is 1. The van der Waals surface area contributed by atoms with Crippen molar-refractivity contribution >= 4 is 59.4 Å². The predicted octanol–water partition coefficient (Wildman–Crippen LogP) is -2.46. The standard InChI is InChI=1S/C42H53N9O13/c1-18(10-19(2)46-38(60)26-8-9-29(54)49-26)11-23-12-22-13-25-35(23)64-41-42(25,24-6-5-7-28(53)32(24)51-41)14-27(37(59)43-15-31(56)48-21(4)40(62)63)50-36(58)20(3)47-30(55)16-44-39(61)33(34(22)57)45-17-52/h5-7,12-13,17-21,26-27,33-34,41,51,53,57H,8-11,14-16H2,1-4H3,(H,43,59)(H,44,61)(H,45,52)(H,46,60)(H,47,55)(H,48,56)(H,49,54)(H,50,58)(H,62,63)/t18-,19-,20+,21?,26?,27+,33+,34-,41-,42+/m1/s1. The van der Waals surface area contributed by atoms with E-state index in [4.69, 9.17) is 4.74 Å². The lowest BCUT2D eigenvalue weighted by atomic mass is 9.70. The average Bonchev–Trinajstić information content (AvgIpc) is 3.91. The van der Waals surface area contributed by atoms with Crippen LogP contribution in [0.15, 0.2) is 30.3 Å². The zero-order chi connectivity index (χ0) is 46.6. The van der Waals surface area contributed by atoms with Crippen LogP contribution in [0, 0.1) is 5.92 Å². The number of aliphatic hydroxyl groups is 1. The molecule has 0 aliphatic carbocycles. The summed E-state index contributed by atoms with van der Waals surface area (Å²) in [5, 5.41) is 55.7. The summed E-state index contributed by atoms with van der Waals surface area (Å²) in [4.78, 5) is 115. The number of carbonyl (C=O) groups is 9. The number of aliphatic hydroxyl groups excluding tert-OH is 1. The maximum Gasteiger partial charge on any atom is 0.325 e. The number of rotatable bonds is 13. The molecule has 4 aliphatic heterocycles. The fourth-order valence-corrected chi connectivity index (χ4v) is 8.79. The van der Waals surface area contributed by atoms with Gasteiger partial charge in [-0.1, -0.05) is 19.1 Å². The van der Waals surface area contributed by atoms with Gasteiger partial charge in [-0.15, -0.1) is 0 Å². The number of nitrogens with one attached hydrogen (secondary N) is 9. The molecule has 4 heterocycles. The number of hydrogen-bond donors (Lipinski definition) is 12. The Morgan fingerprint density at radius 2 is 1.69 bits per heavy atom. The van der Waals surface area contributed by atoms with Crippen molar-refractivity contribution in [3.8, 4) is 11.5 Å². The second-order valence-electron chi connectivity index (χ2n) is 16.8. The molecule has 4 aliphatic rings. The topological polar surface area (TPSA) is 332 Å². The SMILES string of the molecule is CC(NC(=O)CNC(=O)[C@@H]1C[C@@]23c4cccc(O)c4N[C@@H]2Oc2c(C[C@H](C)C[C@@H](C)NC(=O)C4CCC(=O)N4)cc(cc23)[C@@H](O)[C@H](NC=O)C(=O)NCC(=O)N[C@@H](C)C(=O)N1)C(=O)O. The molecule has 6 rings (SSSR count). The third kappa shape index (κ3) is 9.80. The van der Waals surface area contributed by atoms with Crippen molar-refractivity contribution in [3.05, 3.63) is 52.6 Å². The fraction of sp³-hybridized carbons (Fsp3) is 0.500. The van der Waals surface area contributed by atoms with Gasteiger partial charge in [0, 0.05) is 18.0 Å². The van der Waals surface area contributed by atoms with Crippen molar-refractivity contribution in [2.45, 2.75) is 114 Å². The summed E-state index contributed by atoms with van der Waals surface area (Å²) < 4.78 is 6.72. The number of hydrogen-bond acceptors (Lipinski definition) is 13. The summed E-state index contributed by atoms with van der Waals surface area (Å²) in [7, 11) is 0. The molecule has 64 heavy (non-hydrogen) atoms. The number of aromatic hydroxyl groups is 1. The van der Waals surface area contributed by atoms with Crippen molar-refractivity contribution in [3.63, 3.8) is 0 Å². The molecule has 1 fully saturated rings. The second-order valence-corrected chi connectivity index (χ2v) is 16.8. The molecule has 0 aromatic heterocycles. The van der Waals surface area contributed by atoms with Gasteiger partial charge in [-0.25, -0.2) is 0 Å². The van der Waals surface area contributed by atoms with Crippen LogP contribution in [0.2, 0.25) is 0 Å². The number of anilines is 1. The average molecular weight is 892 g/mol. The van der Waals surface area contributed by atoms with E-state index in [1.165, 1.54) is 19.9 Å². The van der Waals surface area contributed by atoms with Crippen molar-refractivity contribution in [2.24, 2.45) is 5.92 Å². The molecule has 0 radical (unpaired) electrons. The lowest BCUT2D eigenvalue weighted by molar-refractivity contribution is -0.141. The van der Waals surface area contributed by atoms with Crippen molar-refractivity contribution < 1.29 is 63.2 Å². The van der Waals surface area contributed by atoms with Crippen LogP contribution in [0.3, 0.4) is 0 Å². The molecule has 1 saturated heterocycles. The van der Waals surface area contributed by atoms with Crippen LogP contribution in [0.4, 0.5) is 5.69 Å². The lowest BCUT2D eigenvalue weighted by Gasteiger charge is -2.34. The summed E-state index contributed by atoms with van der Waals surface area (Å²) >= 11 is 0. The normalized spacial score (nSPS) is 26.4. The Balaban J connectivity index is 1.46. The van der Waals surface area contributed by atoms with Crippen LogP contribution in [0.5, 0.6) is 11.5 Å². The van der Waals surface area contributed by atoms with Gasteiger partial charge < -0.3 is 67.9 Å². The Labute approximate surface area is 366 Å². The zero-order valence-corrected chi connectivity index (χ0v) is 35.5. The Kier molecular flexibility index (Phi) is 14.0. The number of amides is 8. The van der Waals surface area contributed by atoms with Crippen LogP contribution in [0.25, 0.3) is 0 Å². The molecule has 2 unspecified atom stereocenters. The molecule has 8 amide bonds. The molecule has 2 bridgehead atoms. The number of phenolic OH excluding ortho intramolecular Hbond substituents is 1. The summed E-state index contributed by atoms with van der Waals surface area (Å²) in [5.41, 5.74) is 0.0885. The smallest absolute Gasteiger partial charge is 0.325 e. The molecular formula is C42H53N9O13. The first kappa shape index (κ1) is 46.5. The second kappa shape index (κ2) is 19.2. The van der Waals surface area contributed by atoms with Gasteiger partial charge in [0.2, 0.25) is 47.8 Å². The van der Waals surface area contributed by atoms with E-state index in [1.54, 1.807) is 24.3 Å². The zero-order valence-electron chi connectivity index (χ0n) is 35.5. The van der Waals surface area contributed by atoms with Crippen LogP contribution in [-0.2, 0) is 55.0 Å². The van der Waals surface area contributed by atoms with Gasteiger partial charge in [0.1, 0.15) is 47.8 Å². The first-order chi connectivity index (χ1) is 30.3. The Hall–Kier alpha value is -6.97. The van der Waals surface area contributed by atoms with E-state index in [-0.39, 0.29) is 66.4 Å². The molecule has 22 nitrogen and oxygen atoms in total. The molecular weight excluding hydrogens is 839 g/mol. The van der Waals surface area contributed by atoms with Crippen LogP contribution < -0.4 is 52.6 Å². The molecule has 344 valence electrons. The van der Waals surface area contributed by atoms with Crippen LogP contribution >= 0.6 is 0 Å². The highest BCUT2D eigenvalue weighted by Gasteiger charge is 2.58. The number of ether oxygens (including phenoxy) is 1. The number of fused-ring (bicyclic) bond motifs is 2. The van der Waals surface area contributed by atoms with Gasteiger partial charge in [0.25, 0.3) is 0 Å². The molecule has 22 heteroatoms. The van der Waals surface area contributed by atoms with E-state index >= 15 is 0 Å². The molecule has 10 atom stereocenters. The molecule has 2 aromatic rings. The molecule has 0 saturated carbocycles. The molecule has 1 spiro atoms. The van der Waals surface area contributed by atoms with Gasteiger partial charge in [-0.05, 0) is 87.3 Å². The van der Waals surface area contributed by atoms with E-state index in [9.17, 15) is 58.5 Å². The Morgan fingerprint density at radius 1 is 0.938 bits per heavy atom. The maximum atomic E-state index is 14.2. The van der Waals surface area contributed by atoms with E-state index in [0.717, 1.165) is 0 Å².